The summed E-state index contributed by atoms with van der Waals surface area (Å²) in [4.78, 5) is 0. The second-order valence-corrected chi connectivity index (χ2v) is 4.52. The van der Waals surface area contributed by atoms with Gasteiger partial charge < -0.3 is 5.32 Å². The molecule has 6 heteroatoms. The Morgan fingerprint density at radius 1 is 1.50 bits per heavy atom. The second-order valence-electron chi connectivity index (χ2n) is 2.50. The summed E-state index contributed by atoms with van der Waals surface area (Å²) in [6.07, 6.45) is 1.46. The van der Waals surface area contributed by atoms with Crippen molar-refractivity contribution in [2.24, 2.45) is 0 Å². The number of anilines is 1. The molecule has 12 heavy (non-hydrogen) atoms. The van der Waals surface area contributed by atoms with Crippen LogP contribution < -0.4 is 5.32 Å². The maximum Gasteiger partial charge on any atom is 0.201 e. The van der Waals surface area contributed by atoms with E-state index in [-0.39, 0.29) is 10.8 Å². The zero-order valence-electron chi connectivity index (χ0n) is 6.19. The smallest absolute Gasteiger partial charge is 0.201 e. The minimum Gasteiger partial charge on any atom is -0.382 e. The summed E-state index contributed by atoms with van der Waals surface area (Å²) in [5.74, 6) is 0.0959. The summed E-state index contributed by atoms with van der Waals surface area (Å²) < 4.78 is 22.7. The number of aromatic nitrogens is 2. The summed E-state index contributed by atoms with van der Waals surface area (Å²) >= 11 is 0. The van der Waals surface area contributed by atoms with Gasteiger partial charge in [0.25, 0.3) is 0 Å². The van der Waals surface area contributed by atoms with Crippen molar-refractivity contribution in [2.45, 2.75) is 5.03 Å². The first-order chi connectivity index (χ1) is 5.70. The van der Waals surface area contributed by atoms with Crippen molar-refractivity contribution in [1.82, 2.24) is 10.2 Å². The second kappa shape index (κ2) is 2.41. The van der Waals surface area contributed by atoms with E-state index in [1.54, 1.807) is 6.07 Å². The largest absolute Gasteiger partial charge is 0.382 e. The van der Waals surface area contributed by atoms with Crippen LogP contribution >= 0.6 is 0 Å². The molecule has 1 N–H and O–H groups in total. The minimum atomic E-state index is -3.18. The fraction of sp³-hybridized carbons (Fsp3) is 0.333. The Morgan fingerprint density at radius 2 is 2.33 bits per heavy atom. The predicted octanol–water partition coefficient (Wildman–Crippen LogP) is -0.324. The molecule has 0 radical (unpaired) electrons. The lowest BCUT2D eigenvalue weighted by molar-refractivity contribution is 0.588. The van der Waals surface area contributed by atoms with Crippen molar-refractivity contribution in [2.75, 3.05) is 17.6 Å². The fourth-order valence-corrected chi connectivity index (χ4v) is 2.31. The van der Waals surface area contributed by atoms with Crippen LogP contribution in [0.25, 0.3) is 0 Å². The Hall–Kier alpha value is -1.17. The highest BCUT2D eigenvalue weighted by atomic mass is 32.2. The molecule has 5 nitrogen and oxygen atoms in total. The molecule has 0 bridgehead atoms. The molecule has 0 amide bonds. The molecule has 0 unspecified atom stereocenters. The van der Waals surface area contributed by atoms with Gasteiger partial charge in [0.1, 0.15) is 0 Å². The Kier molecular flexibility index (Phi) is 1.50. The highest BCUT2D eigenvalue weighted by Crippen LogP contribution is 2.21. The SMILES string of the molecule is O=S1(=O)CCNc2ccnnc21. The van der Waals surface area contributed by atoms with Crippen LogP contribution in [0, 0.1) is 0 Å². The third-order valence-electron chi connectivity index (χ3n) is 1.67. The Morgan fingerprint density at radius 3 is 3.08 bits per heavy atom. The van der Waals surface area contributed by atoms with E-state index >= 15 is 0 Å². The molecule has 0 fully saturated rings. The van der Waals surface area contributed by atoms with Crippen LogP contribution in [0.3, 0.4) is 0 Å². The quantitative estimate of drug-likeness (QED) is 0.599. The summed E-state index contributed by atoms with van der Waals surface area (Å²) in [6.45, 7) is 0.445. The van der Waals surface area contributed by atoms with Crippen LogP contribution in [-0.2, 0) is 9.84 Å². The van der Waals surface area contributed by atoms with Gasteiger partial charge in [-0.05, 0) is 6.07 Å². The van der Waals surface area contributed by atoms with Crippen LogP contribution in [0.1, 0.15) is 0 Å². The molecular weight excluding hydrogens is 178 g/mol. The van der Waals surface area contributed by atoms with Crippen LogP contribution in [0.15, 0.2) is 17.3 Å². The number of sulfone groups is 1. The standard InChI is InChI=1S/C6H7N3O2S/c10-12(11)4-3-7-5-1-2-8-9-6(5)12/h1-2,7H,3-4H2. The first-order valence-corrected chi connectivity index (χ1v) is 5.14. The summed E-state index contributed by atoms with van der Waals surface area (Å²) in [7, 11) is -3.18. The fourth-order valence-electron chi connectivity index (χ4n) is 1.10. The van der Waals surface area contributed by atoms with Gasteiger partial charge in [0.2, 0.25) is 14.9 Å². The van der Waals surface area contributed by atoms with Gasteiger partial charge in [-0.3, -0.25) is 0 Å². The number of nitrogens with one attached hydrogen (secondary N) is 1. The predicted molar refractivity (Wildman–Crippen MR) is 42.6 cm³/mol. The third-order valence-corrected chi connectivity index (χ3v) is 3.30. The van der Waals surface area contributed by atoms with E-state index < -0.39 is 9.84 Å². The van der Waals surface area contributed by atoms with Crippen molar-refractivity contribution in [3.8, 4) is 0 Å². The zero-order valence-corrected chi connectivity index (χ0v) is 7.00. The highest BCUT2D eigenvalue weighted by molar-refractivity contribution is 7.91. The molecule has 0 aliphatic carbocycles. The van der Waals surface area contributed by atoms with E-state index in [4.69, 9.17) is 0 Å². The van der Waals surface area contributed by atoms with Crippen molar-refractivity contribution < 1.29 is 8.42 Å². The first kappa shape index (κ1) is 7.48. The number of hydrogen-bond donors (Lipinski definition) is 1. The first-order valence-electron chi connectivity index (χ1n) is 3.48. The topological polar surface area (TPSA) is 72.0 Å². The van der Waals surface area contributed by atoms with Crippen molar-refractivity contribution in [3.05, 3.63) is 12.3 Å². The highest BCUT2D eigenvalue weighted by Gasteiger charge is 2.24. The number of fused-ring (bicyclic) bond motifs is 1. The van der Waals surface area contributed by atoms with Gasteiger partial charge >= 0.3 is 0 Å². The van der Waals surface area contributed by atoms with Gasteiger partial charge in [0.15, 0.2) is 0 Å². The van der Waals surface area contributed by atoms with Crippen LogP contribution in [0.5, 0.6) is 0 Å². The van der Waals surface area contributed by atoms with Crippen molar-refractivity contribution in [3.63, 3.8) is 0 Å². The Balaban J connectivity index is 2.67. The summed E-state index contributed by atoms with van der Waals surface area (Å²) in [5.41, 5.74) is 0.552. The average molecular weight is 185 g/mol. The van der Waals surface area contributed by atoms with Gasteiger partial charge in [-0.1, -0.05) is 0 Å². The van der Waals surface area contributed by atoms with Crippen LogP contribution in [0.4, 0.5) is 5.69 Å². The lowest BCUT2D eigenvalue weighted by atomic mass is 10.4. The van der Waals surface area contributed by atoms with Gasteiger partial charge in [-0.25, -0.2) is 8.42 Å². The molecule has 2 rings (SSSR count). The third kappa shape index (κ3) is 1.04. The van der Waals surface area contributed by atoms with E-state index in [9.17, 15) is 8.42 Å². The van der Waals surface area contributed by atoms with Crippen molar-refractivity contribution in [1.29, 1.82) is 0 Å². The Bertz CT molecular complexity index is 401. The molecule has 0 saturated heterocycles. The number of rotatable bonds is 0. The maximum atomic E-state index is 11.3. The van der Waals surface area contributed by atoms with Gasteiger partial charge in [-0.15, -0.1) is 5.10 Å². The normalized spacial score (nSPS) is 19.3. The lowest BCUT2D eigenvalue weighted by Crippen LogP contribution is -2.24. The lowest BCUT2D eigenvalue weighted by Gasteiger charge is -2.15. The van der Waals surface area contributed by atoms with E-state index in [2.05, 4.69) is 15.5 Å². The molecule has 0 saturated carbocycles. The van der Waals surface area contributed by atoms with E-state index in [0.717, 1.165) is 0 Å². The monoisotopic (exact) mass is 185 g/mol. The van der Waals surface area contributed by atoms with E-state index in [1.165, 1.54) is 6.20 Å². The molecule has 64 valence electrons. The zero-order chi connectivity index (χ0) is 8.60. The minimum absolute atomic E-state index is 0.0660. The molecule has 0 atom stereocenters. The van der Waals surface area contributed by atoms with Gasteiger partial charge in [0.05, 0.1) is 17.6 Å². The molecular formula is C6H7N3O2S. The molecule has 0 aromatic carbocycles. The average Bonchev–Trinajstić information content (AvgIpc) is 2.04. The maximum absolute atomic E-state index is 11.3. The van der Waals surface area contributed by atoms with E-state index in [0.29, 0.717) is 12.2 Å². The van der Waals surface area contributed by atoms with Crippen LogP contribution in [-0.4, -0.2) is 30.9 Å². The molecule has 0 spiro atoms. The van der Waals surface area contributed by atoms with E-state index in [1.807, 2.05) is 0 Å². The Labute approximate surface area is 69.7 Å². The van der Waals surface area contributed by atoms with Crippen LogP contribution in [0.2, 0.25) is 0 Å². The summed E-state index contributed by atoms with van der Waals surface area (Å²) in [5, 5.41) is 10.1. The molecule has 1 aromatic rings. The molecule has 1 aliphatic heterocycles. The van der Waals surface area contributed by atoms with Crippen molar-refractivity contribution >= 4 is 15.5 Å². The number of nitrogens with zero attached hydrogens (tertiary/aromatic N) is 2. The number of hydrogen-bond acceptors (Lipinski definition) is 5. The van der Waals surface area contributed by atoms with Gasteiger partial charge in [0, 0.05) is 6.54 Å². The molecule has 2 heterocycles. The molecule has 1 aliphatic rings. The summed E-state index contributed by atoms with van der Waals surface area (Å²) in [6, 6.07) is 1.61. The van der Waals surface area contributed by atoms with Gasteiger partial charge in [-0.2, -0.15) is 5.10 Å². The molecule has 1 aromatic heterocycles.